The lowest BCUT2D eigenvalue weighted by atomic mass is 9.98. The van der Waals surface area contributed by atoms with Crippen LogP contribution in [-0.4, -0.2) is 27.8 Å². The Bertz CT molecular complexity index is 698. The Kier molecular flexibility index (Phi) is 3.27. The van der Waals surface area contributed by atoms with Gasteiger partial charge in [-0.05, 0) is 24.6 Å². The molecule has 0 saturated heterocycles. The number of aromatic hydroxyl groups is 2. The number of fused-ring (bicyclic) bond motifs is 1. The van der Waals surface area contributed by atoms with Crippen molar-refractivity contribution >= 4 is 11.6 Å². The van der Waals surface area contributed by atoms with E-state index < -0.39 is 17.8 Å². The number of nitrogens with zero attached hydrogens (tertiary/aromatic N) is 1. The SMILES string of the molecule is O=C(c1cccc(O)c1O)N1CCC(O)c2ccccc21. The summed E-state index contributed by atoms with van der Waals surface area (Å²) in [6.45, 7) is 0.353. The molecule has 0 saturated carbocycles. The van der Waals surface area contributed by atoms with Crippen LogP contribution in [0.3, 0.4) is 0 Å². The van der Waals surface area contributed by atoms with E-state index in [0.29, 0.717) is 24.2 Å². The van der Waals surface area contributed by atoms with Crippen LogP contribution in [0.2, 0.25) is 0 Å². The van der Waals surface area contributed by atoms with E-state index >= 15 is 0 Å². The van der Waals surface area contributed by atoms with Crippen LogP contribution in [0.5, 0.6) is 11.5 Å². The molecule has 21 heavy (non-hydrogen) atoms. The van der Waals surface area contributed by atoms with Crippen LogP contribution < -0.4 is 4.90 Å². The van der Waals surface area contributed by atoms with Crippen LogP contribution in [0.1, 0.15) is 28.4 Å². The molecule has 1 heterocycles. The number of rotatable bonds is 1. The Morgan fingerprint density at radius 1 is 1.10 bits per heavy atom. The molecule has 2 aromatic carbocycles. The topological polar surface area (TPSA) is 81.0 Å². The summed E-state index contributed by atoms with van der Waals surface area (Å²) >= 11 is 0. The van der Waals surface area contributed by atoms with Crippen molar-refractivity contribution in [3.05, 3.63) is 53.6 Å². The van der Waals surface area contributed by atoms with Gasteiger partial charge in [0.2, 0.25) is 0 Å². The van der Waals surface area contributed by atoms with Crippen molar-refractivity contribution in [3.8, 4) is 11.5 Å². The molecular weight excluding hydrogens is 270 g/mol. The predicted molar refractivity (Wildman–Crippen MR) is 77.5 cm³/mol. The van der Waals surface area contributed by atoms with Gasteiger partial charge < -0.3 is 20.2 Å². The maximum absolute atomic E-state index is 12.6. The third-order valence-corrected chi connectivity index (χ3v) is 3.70. The van der Waals surface area contributed by atoms with Crippen molar-refractivity contribution in [2.45, 2.75) is 12.5 Å². The summed E-state index contributed by atoms with van der Waals surface area (Å²) in [5.74, 6) is -1.15. The Balaban J connectivity index is 2.03. The normalized spacial score (nSPS) is 17.4. The first-order valence-electron chi connectivity index (χ1n) is 6.69. The Morgan fingerprint density at radius 3 is 2.67 bits per heavy atom. The number of benzene rings is 2. The second-order valence-corrected chi connectivity index (χ2v) is 4.99. The first kappa shape index (κ1) is 13.5. The molecule has 1 aliphatic rings. The zero-order valence-corrected chi connectivity index (χ0v) is 11.2. The van der Waals surface area contributed by atoms with Gasteiger partial charge in [-0.2, -0.15) is 0 Å². The fraction of sp³-hybridized carbons (Fsp3) is 0.188. The van der Waals surface area contributed by atoms with Crippen molar-refractivity contribution in [2.24, 2.45) is 0 Å². The van der Waals surface area contributed by atoms with Gasteiger partial charge in [-0.1, -0.05) is 24.3 Å². The van der Waals surface area contributed by atoms with E-state index in [0.717, 1.165) is 0 Å². The van der Waals surface area contributed by atoms with E-state index in [1.165, 1.54) is 23.1 Å². The summed E-state index contributed by atoms with van der Waals surface area (Å²) in [5.41, 5.74) is 1.36. The summed E-state index contributed by atoms with van der Waals surface area (Å²) < 4.78 is 0. The molecule has 1 aliphatic heterocycles. The van der Waals surface area contributed by atoms with Gasteiger partial charge >= 0.3 is 0 Å². The molecule has 0 fully saturated rings. The van der Waals surface area contributed by atoms with Crippen LogP contribution in [0.15, 0.2) is 42.5 Å². The van der Waals surface area contributed by atoms with Gasteiger partial charge in [0.1, 0.15) is 0 Å². The predicted octanol–water partition coefficient (Wildman–Crippen LogP) is 2.18. The molecule has 3 N–H and O–H groups in total. The number of carbonyl (C=O) groups excluding carboxylic acids is 1. The van der Waals surface area contributed by atoms with E-state index in [9.17, 15) is 20.1 Å². The summed E-state index contributed by atoms with van der Waals surface area (Å²) in [6.07, 6.45) is -0.162. The monoisotopic (exact) mass is 285 g/mol. The summed E-state index contributed by atoms with van der Waals surface area (Å²) in [6, 6.07) is 11.4. The number of carbonyl (C=O) groups is 1. The maximum atomic E-state index is 12.6. The third-order valence-electron chi connectivity index (χ3n) is 3.70. The minimum Gasteiger partial charge on any atom is -0.504 e. The van der Waals surface area contributed by atoms with E-state index in [1.807, 2.05) is 6.07 Å². The van der Waals surface area contributed by atoms with Crippen molar-refractivity contribution in [1.82, 2.24) is 0 Å². The average molecular weight is 285 g/mol. The number of phenols is 2. The molecule has 1 atom stereocenters. The third kappa shape index (κ3) is 2.21. The highest BCUT2D eigenvalue weighted by Gasteiger charge is 2.29. The van der Waals surface area contributed by atoms with Crippen LogP contribution in [0.25, 0.3) is 0 Å². The van der Waals surface area contributed by atoms with E-state index in [4.69, 9.17) is 0 Å². The molecule has 0 radical (unpaired) electrons. The van der Waals surface area contributed by atoms with Gasteiger partial charge in [0.25, 0.3) is 5.91 Å². The average Bonchev–Trinajstić information content (AvgIpc) is 2.50. The molecule has 108 valence electrons. The molecule has 1 unspecified atom stereocenters. The van der Waals surface area contributed by atoms with E-state index in [2.05, 4.69) is 0 Å². The molecule has 0 aliphatic carbocycles. The minimum atomic E-state index is -0.594. The van der Waals surface area contributed by atoms with Gasteiger partial charge in [0.05, 0.1) is 11.7 Å². The number of aliphatic hydroxyl groups excluding tert-OH is 1. The van der Waals surface area contributed by atoms with E-state index in [-0.39, 0.29) is 11.3 Å². The van der Waals surface area contributed by atoms with Crippen LogP contribution in [0, 0.1) is 0 Å². The zero-order chi connectivity index (χ0) is 15.0. The number of aliphatic hydroxyl groups is 1. The van der Waals surface area contributed by atoms with Crippen molar-refractivity contribution in [1.29, 1.82) is 0 Å². The number of amides is 1. The van der Waals surface area contributed by atoms with Gasteiger partial charge in [-0.15, -0.1) is 0 Å². The fourth-order valence-corrected chi connectivity index (χ4v) is 2.60. The lowest BCUT2D eigenvalue weighted by Crippen LogP contribution is -2.36. The minimum absolute atomic E-state index is 0.0428. The van der Waals surface area contributed by atoms with Gasteiger partial charge in [0, 0.05) is 17.8 Å². The molecule has 1 amide bonds. The second-order valence-electron chi connectivity index (χ2n) is 4.99. The number of hydrogen-bond acceptors (Lipinski definition) is 4. The van der Waals surface area contributed by atoms with Gasteiger partial charge in [0.15, 0.2) is 11.5 Å². The van der Waals surface area contributed by atoms with Gasteiger partial charge in [-0.3, -0.25) is 4.79 Å². The number of anilines is 1. The molecule has 5 heteroatoms. The van der Waals surface area contributed by atoms with Crippen molar-refractivity contribution in [3.63, 3.8) is 0 Å². The lowest BCUT2D eigenvalue weighted by Gasteiger charge is -2.32. The molecule has 0 bridgehead atoms. The number of phenolic OH excluding ortho intramolecular Hbond substituents is 2. The summed E-state index contributed by atoms with van der Waals surface area (Å²) in [5, 5.41) is 29.4. The smallest absolute Gasteiger partial charge is 0.262 e. The Labute approximate surface area is 121 Å². The molecule has 3 rings (SSSR count). The van der Waals surface area contributed by atoms with Crippen LogP contribution in [0.4, 0.5) is 5.69 Å². The number of para-hydroxylation sites is 2. The highest BCUT2D eigenvalue weighted by Crippen LogP contribution is 2.36. The second kappa shape index (κ2) is 5.10. The highest BCUT2D eigenvalue weighted by molar-refractivity contribution is 6.08. The van der Waals surface area contributed by atoms with Crippen LogP contribution in [-0.2, 0) is 0 Å². The first-order chi connectivity index (χ1) is 10.1. The largest absolute Gasteiger partial charge is 0.504 e. The number of hydrogen-bond donors (Lipinski definition) is 3. The standard InChI is InChI=1S/C16H15NO4/c18-13-8-9-17(12-6-2-1-4-10(12)13)16(21)11-5-3-7-14(19)15(11)20/h1-7,13,18-20H,8-9H2. The Morgan fingerprint density at radius 2 is 1.86 bits per heavy atom. The van der Waals surface area contributed by atoms with Crippen molar-refractivity contribution < 1.29 is 20.1 Å². The quantitative estimate of drug-likeness (QED) is 0.701. The molecular formula is C16H15NO4. The highest BCUT2D eigenvalue weighted by atomic mass is 16.3. The lowest BCUT2D eigenvalue weighted by molar-refractivity contribution is 0.0967. The zero-order valence-electron chi connectivity index (χ0n) is 11.2. The molecule has 2 aromatic rings. The summed E-state index contributed by atoms with van der Waals surface area (Å²) in [7, 11) is 0. The fourth-order valence-electron chi connectivity index (χ4n) is 2.60. The Hall–Kier alpha value is -2.53. The van der Waals surface area contributed by atoms with Gasteiger partial charge in [-0.25, -0.2) is 0 Å². The first-order valence-corrected chi connectivity index (χ1v) is 6.69. The maximum Gasteiger partial charge on any atom is 0.262 e. The molecule has 0 spiro atoms. The van der Waals surface area contributed by atoms with Crippen LogP contribution >= 0.6 is 0 Å². The van der Waals surface area contributed by atoms with E-state index in [1.54, 1.807) is 18.2 Å². The molecule has 5 nitrogen and oxygen atoms in total. The molecule has 0 aromatic heterocycles. The van der Waals surface area contributed by atoms with Crippen molar-refractivity contribution in [2.75, 3.05) is 11.4 Å². The summed E-state index contributed by atoms with van der Waals surface area (Å²) in [4.78, 5) is 14.1.